The molecule has 4 aromatic rings. The lowest BCUT2D eigenvalue weighted by molar-refractivity contribution is -0.113. The summed E-state index contributed by atoms with van der Waals surface area (Å²) in [6, 6.07) is 22.2. The van der Waals surface area contributed by atoms with Crippen LogP contribution in [0.25, 0.3) is 11.3 Å². The number of rotatable bonds is 7. The third-order valence-electron chi connectivity index (χ3n) is 6.15. The number of hydrogen-bond acceptors (Lipinski definition) is 6. The van der Waals surface area contributed by atoms with Crippen LogP contribution in [0.15, 0.2) is 89.0 Å². The predicted octanol–water partition coefficient (Wildman–Crippen LogP) is 6.36. The van der Waals surface area contributed by atoms with Crippen molar-refractivity contribution in [3.05, 3.63) is 95.1 Å². The highest BCUT2D eigenvalue weighted by molar-refractivity contribution is 7.99. The lowest BCUT2D eigenvalue weighted by atomic mass is 10.0. The van der Waals surface area contributed by atoms with Crippen LogP contribution in [0.2, 0.25) is 5.02 Å². The Labute approximate surface area is 231 Å². The molecule has 0 bridgehead atoms. The second-order valence-corrected chi connectivity index (χ2v) is 12.3. The highest BCUT2D eigenvalue weighted by Gasteiger charge is 2.37. The summed E-state index contributed by atoms with van der Waals surface area (Å²) in [5, 5.41) is 3.63. The normalized spacial score (nSPS) is 13.6. The largest absolute Gasteiger partial charge is 0.325 e. The molecule has 5 rings (SSSR count). The summed E-state index contributed by atoms with van der Waals surface area (Å²) in [4.78, 5) is 21.4. The third-order valence-corrected chi connectivity index (χ3v) is 9.00. The molecule has 3 aromatic carbocycles. The Morgan fingerprint density at radius 2 is 1.79 bits per heavy atom. The van der Waals surface area contributed by atoms with Crippen molar-refractivity contribution in [2.45, 2.75) is 36.4 Å². The van der Waals surface area contributed by atoms with Crippen LogP contribution in [-0.4, -0.2) is 30.0 Å². The number of hydrogen-bond donors (Lipinski definition) is 1. The number of nitrogens with one attached hydrogen (secondary N) is 1. The summed E-state index contributed by atoms with van der Waals surface area (Å²) in [6.07, 6.45) is 1.31. The average molecular weight is 565 g/mol. The average Bonchev–Trinajstić information content (AvgIpc) is 2.91. The summed E-state index contributed by atoms with van der Waals surface area (Å²) in [5.74, 6) is 0.268. The molecule has 38 heavy (non-hydrogen) atoms. The molecule has 0 spiro atoms. The minimum absolute atomic E-state index is 0.00208. The van der Waals surface area contributed by atoms with Gasteiger partial charge in [0.1, 0.15) is 4.90 Å². The van der Waals surface area contributed by atoms with Gasteiger partial charge in [-0.05, 0) is 47.4 Å². The number of sulfonamides is 1. The van der Waals surface area contributed by atoms with E-state index in [0.717, 1.165) is 17.3 Å². The molecule has 0 saturated carbocycles. The van der Waals surface area contributed by atoms with E-state index < -0.39 is 10.0 Å². The van der Waals surface area contributed by atoms with Gasteiger partial charge in [0.05, 0.1) is 29.9 Å². The Bertz CT molecular complexity index is 1590. The monoisotopic (exact) mass is 564 g/mol. The number of thioether (sulfide) groups is 1. The first-order valence-corrected chi connectivity index (χ1v) is 14.8. The quantitative estimate of drug-likeness (QED) is 0.207. The number of halogens is 1. The molecule has 1 aliphatic rings. The molecule has 0 aliphatic carbocycles. The van der Waals surface area contributed by atoms with E-state index in [1.54, 1.807) is 18.2 Å². The number of aromatic nitrogens is 2. The molecular formula is C28H25ClN4O3S2. The van der Waals surface area contributed by atoms with E-state index >= 15 is 0 Å². The first-order valence-electron chi connectivity index (χ1n) is 12.0. The molecule has 0 fully saturated rings. The van der Waals surface area contributed by atoms with E-state index in [0.29, 0.717) is 33.0 Å². The Balaban J connectivity index is 1.39. The van der Waals surface area contributed by atoms with Gasteiger partial charge in [-0.2, -0.15) is 0 Å². The van der Waals surface area contributed by atoms with Crippen molar-refractivity contribution >= 4 is 50.7 Å². The molecule has 0 saturated heterocycles. The van der Waals surface area contributed by atoms with Crippen LogP contribution in [-0.2, 0) is 21.4 Å². The maximum absolute atomic E-state index is 13.6. The van der Waals surface area contributed by atoms with Gasteiger partial charge in [-0.15, -0.1) is 0 Å². The standard InChI is InChI=1S/C28H25ClN4O3S2/c1-18(2)20-8-11-22(12-9-20)31-26(34)17-37-28-30-15-25-27(32-28)23-14-21(29)10-13-24(23)33(38(25,35)36)16-19-6-4-3-5-7-19/h3-15,18H,16-17H2,1-2H3,(H,31,34). The molecule has 2 heterocycles. The van der Waals surface area contributed by atoms with E-state index in [4.69, 9.17) is 11.6 Å². The lowest BCUT2D eigenvalue weighted by Crippen LogP contribution is -2.34. The molecule has 0 atom stereocenters. The van der Waals surface area contributed by atoms with Crippen molar-refractivity contribution in [1.29, 1.82) is 0 Å². The molecule has 1 amide bonds. The maximum atomic E-state index is 13.6. The van der Waals surface area contributed by atoms with Gasteiger partial charge in [-0.1, -0.05) is 79.7 Å². The smallest absolute Gasteiger partial charge is 0.268 e. The number of benzene rings is 3. The van der Waals surface area contributed by atoms with Gasteiger partial charge in [-0.25, -0.2) is 18.4 Å². The van der Waals surface area contributed by atoms with Crippen molar-refractivity contribution < 1.29 is 13.2 Å². The van der Waals surface area contributed by atoms with Crippen LogP contribution in [0.5, 0.6) is 0 Å². The molecule has 1 aromatic heterocycles. The van der Waals surface area contributed by atoms with Gasteiger partial charge in [0, 0.05) is 16.3 Å². The Kier molecular flexibility index (Phi) is 7.43. The van der Waals surface area contributed by atoms with Gasteiger partial charge in [0.2, 0.25) is 5.91 Å². The van der Waals surface area contributed by atoms with Gasteiger partial charge < -0.3 is 5.32 Å². The van der Waals surface area contributed by atoms with Crippen LogP contribution < -0.4 is 9.62 Å². The van der Waals surface area contributed by atoms with E-state index in [9.17, 15) is 13.2 Å². The fourth-order valence-electron chi connectivity index (χ4n) is 4.17. The molecule has 7 nitrogen and oxygen atoms in total. The summed E-state index contributed by atoms with van der Waals surface area (Å²) >= 11 is 7.43. The van der Waals surface area contributed by atoms with Gasteiger partial charge >= 0.3 is 0 Å². The molecule has 0 unspecified atom stereocenters. The predicted molar refractivity (Wildman–Crippen MR) is 152 cm³/mol. The fraction of sp³-hybridized carbons (Fsp3) is 0.179. The minimum atomic E-state index is -3.93. The summed E-state index contributed by atoms with van der Waals surface area (Å²) in [6.45, 7) is 4.38. The number of nitrogens with zero attached hydrogens (tertiary/aromatic N) is 3. The molecule has 194 valence electrons. The first-order chi connectivity index (χ1) is 18.2. The number of anilines is 2. The topological polar surface area (TPSA) is 92.3 Å². The minimum Gasteiger partial charge on any atom is -0.325 e. The number of carbonyl (C=O) groups excluding carboxylic acids is 1. The van der Waals surface area contributed by atoms with Crippen molar-refractivity contribution in [3.8, 4) is 11.3 Å². The molecule has 1 N–H and O–H groups in total. The van der Waals surface area contributed by atoms with Gasteiger partial charge in [-0.3, -0.25) is 9.10 Å². The van der Waals surface area contributed by atoms with Crippen molar-refractivity contribution in [2.24, 2.45) is 0 Å². The van der Waals surface area contributed by atoms with Gasteiger partial charge in [0.25, 0.3) is 10.0 Å². The van der Waals surface area contributed by atoms with E-state index in [1.807, 2.05) is 54.6 Å². The SMILES string of the molecule is CC(C)c1ccc(NC(=O)CSc2ncc3c(n2)-c2cc(Cl)ccc2N(Cc2ccccc2)S3(=O)=O)cc1. The number of fused-ring (bicyclic) bond motifs is 3. The molecule has 1 aliphatic heterocycles. The maximum Gasteiger partial charge on any atom is 0.268 e. The number of carbonyl (C=O) groups is 1. The lowest BCUT2D eigenvalue weighted by Gasteiger charge is -2.31. The van der Waals surface area contributed by atoms with Gasteiger partial charge in [0.15, 0.2) is 5.16 Å². The summed E-state index contributed by atoms with van der Waals surface area (Å²) in [7, 11) is -3.93. The van der Waals surface area contributed by atoms with Crippen LogP contribution >= 0.6 is 23.4 Å². The van der Waals surface area contributed by atoms with Crippen LogP contribution in [0.4, 0.5) is 11.4 Å². The van der Waals surface area contributed by atoms with Crippen molar-refractivity contribution in [1.82, 2.24) is 9.97 Å². The van der Waals surface area contributed by atoms with E-state index in [1.165, 1.54) is 16.1 Å². The highest BCUT2D eigenvalue weighted by atomic mass is 35.5. The van der Waals surface area contributed by atoms with Crippen LogP contribution in [0.1, 0.15) is 30.9 Å². The van der Waals surface area contributed by atoms with Crippen molar-refractivity contribution in [3.63, 3.8) is 0 Å². The second-order valence-electron chi connectivity index (χ2n) is 9.14. The third kappa shape index (κ3) is 5.41. The molecule has 10 heteroatoms. The summed E-state index contributed by atoms with van der Waals surface area (Å²) in [5.41, 5.74) is 4.10. The van der Waals surface area contributed by atoms with Crippen LogP contribution in [0, 0.1) is 0 Å². The van der Waals surface area contributed by atoms with E-state index in [2.05, 4.69) is 29.1 Å². The zero-order valence-corrected chi connectivity index (χ0v) is 23.1. The summed E-state index contributed by atoms with van der Waals surface area (Å²) < 4.78 is 28.6. The fourth-order valence-corrected chi connectivity index (χ4v) is 6.52. The van der Waals surface area contributed by atoms with E-state index in [-0.39, 0.29) is 28.8 Å². The van der Waals surface area contributed by atoms with Crippen LogP contribution in [0.3, 0.4) is 0 Å². The Hall–Kier alpha value is -3.40. The second kappa shape index (κ2) is 10.8. The zero-order chi connectivity index (χ0) is 26.9. The highest BCUT2D eigenvalue weighted by Crippen LogP contribution is 2.44. The molecular weight excluding hydrogens is 540 g/mol. The first kappa shape index (κ1) is 26.2. The molecule has 0 radical (unpaired) electrons. The Morgan fingerprint density at radius 1 is 1.05 bits per heavy atom. The zero-order valence-electron chi connectivity index (χ0n) is 20.8. The number of amides is 1. The van der Waals surface area contributed by atoms with Crippen molar-refractivity contribution in [2.75, 3.05) is 15.4 Å². The Morgan fingerprint density at radius 3 is 2.50 bits per heavy atom.